The van der Waals surface area contributed by atoms with E-state index in [1.54, 1.807) is 26.0 Å². The predicted molar refractivity (Wildman–Crippen MR) is 112 cm³/mol. The third-order valence-electron chi connectivity index (χ3n) is 4.64. The number of hydrogen-bond acceptors (Lipinski definition) is 4. The third kappa shape index (κ3) is 6.54. The zero-order valence-electron chi connectivity index (χ0n) is 17.6. The van der Waals surface area contributed by atoms with Crippen molar-refractivity contribution in [1.29, 1.82) is 0 Å². The van der Waals surface area contributed by atoms with Crippen molar-refractivity contribution >= 4 is 21.8 Å². The van der Waals surface area contributed by atoms with E-state index >= 15 is 0 Å². The number of carbonyl (C=O) groups is 2. The lowest BCUT2D eigenvalue weighted by molar-refractivity contribution is -0.137. The quantitative estimate of drug-likeness (QED) is 0.588. The van der Waals surface area contributed by atoms with Gasteiger partial charge in [0, 0.05) is 25.2 Å². The first-order valence-electron chi connectivity index (χ1n) is 9.80. The molecule has 0 aromatic heterocycles. The molecule has 0 heterocycles. The van der Waals surface area contributed by atoms with Gasteiger partial charge in [0.05, 0.1) is 17.0 Å². The Bertz CT molecular complexity index is 1030. The van der Waals surface area contributed by atoms with Crippen molar-refractivity contribution in [3.8, 4) is 0 Å². The van der Waals surface area contributed by atoms with Crippen LogP contribution in [0.3, 0.4) is 0 Å². The molecule has 0 spiro atoms. The highest BCUT2D eigenvalue weighted by molar-refractivity contribution is 7.89. The second kappa shape index (κ2) is 10.6. The van der Waals surface area contributed by atoms with E-state index in [0.717, 1.165) is 24.3 Å². The van der Waals surface area contributed by atoms with Gasteiger partial charge in [-0.2, -0.15) is 17.5 Å². The summed E-state index contributed by atoms with van der Waals surface area (Å²) in [4.78, 5) is 24.1. The molecule has 32 heavy (non-hydrogen) atoms. The van der Waals surface area contributed by atoms with Crippen LogP contribution in [-0.4, -0.2) is 44.2 Å². The van der Waals surface area contributed by atoms with E-state index in [9.17, 15) is 31.2 Å². The molecule has 7 nitrogen and oxygen atoms in total. The van der Waals surface area contributed by atoms with Gasteiger partial charge >= 0.3 is 6.18 Å². The molecule has 174 valence electrons. The van der Waals surface area contributed by atoms with Crippen molar-refractivity contribution in [3.05, 3.63) is 65.2 Å². The summed E-state index contributed by atoms with van der Waals surface area (Å²) in [6.07, 6.45) is -4.50. The van der Waals surface area contributed by atoms with E-state index < -0.39 is 33.6 Å². The van der Waals surface area contributed by atoms with Gasteiger partial charge in [-0.25, -0.2) is 8.42 Å². The smallest absolute Gasteiger partial charge is 0.350 e. The Balaban J connectivity index is 1.86. The van der Waals surface area contributed by atoms with E-state index in [-0.39, 0.29) is 23.5 Å². The van der Waals surface area contributed by atoms with Gasteiger partial charge in [0.1, 0.15) is 0 Å². The van der Waals surface area contributed by atoms with Gasteiger partial charge in [-0.15, -0.1) is 0 Å². The number of halogens is 3. The maximum atomic E-state index is 12.6. The number of nitrogens with zero attached hydrogens (tertiary/aromatic N) is 1. The van der Waals surface area contributed by atoms with Crippen LogP contribution < -0.4 is 10.6 Å². The van der Waals surface area contributed by atoms with Gasteiger partial charge in [0.15, 0.2) is 0 Å². The zero-order valence-corrected chi connectivity index (χ0v) is 18.4. The van der Waals surface area contributed by atoms with Gasteiger partial charge in [-0.3, -0.25) is 9.59 Å². The van der Waals surface area contributed by atoms with Crippen LogP contribution in [0.1, 0.15) is 35.3 Å². The Morgan fingerprint density at radius 2 is 1.47 bits per heavy atom. The summed E-state index contributed by atoms with van der Waals surface area (Å²) in [7, 11) is -3.57. The molecule has 2 N–H and O–H groups in total. The average molecular weight is 472 g/mol. The molecule has 0 unspecified atom stereocenters. The van der Waals surface area contributed by atoms with Gasteiger partial charge in [-0.1, -0.05) is 26.0 Å². The summed E-state index contributed by atoms with van der Waals surface area (Å²) in [5.41, 5.74) is -0.218. The SMILES string of the molecule is CCN(CC)S(=O)(=O)c1ccc(CNC(=O)CNC(=O)c2ccc(C(F)(F)F)cc2)cc1. The Morgan fingerprint density at radius 3 is 1.97 bits per heavy atom. The van der Waals surface area contributed by atoms with Crippen LogP contribution in [0, 0.1) is 0 Å². The summed E-state index contributed by atoms with van der Waals surface area (Å²) in [5, 5.41) is 4.91. The van der Waals surface area contributed by atoms with Crippen molar-refractivity contribution in [1.82, 2.24) is 14.9 Å². The molecule has 0 fully saturated rings. The summed E-state index contributed by atoms with van der Waals surface area (Å²) < 4.78 is 64.0. The van der Waals surface area contributed by atoms with Gasteiger partial charge in [-0.05, 0) is 42.0 Å². The maximum absolute atomic E-state index is 12.6. The molecule has 2 aromatic carbocycles. The number of carbonyl (C=O) groups excluding carboxylic acids is 2. The highest BCUT2D eigenvalue weighted by atomic mass is 32.2. The van der Waals surface area contributed by atoms with Crippen molar-refractivity contribution < 1.29 is 31.2 Å². The minimum absolute atomic E-state index is 0.00389. The number of benzene rings is 2. The summed E-state index contributed by atoms with van der Waals surface area (Å²) in [5.74, 6) is -1.19. The normalized spacial score (nSPS) is 11.9. The topological polar surface area (TPSA) is 95.6 Å². The maximum Gasteiger partial charge on any atom is 0.416 e. The lowest BCUT2D eigenvalue weighted by Gasteiger charge is -2.18. The predicted octanol–water partition coefficient (Wildman–Crippen LogP) is 2.78. The van der Waals surface area contributed by atoms with Gasteiger partial charge in [0.2, 0.25) is 15.9 Å². The highest BCUT2D eigenvalue weighted by Crippen LogP contribution is 2.29. The van der Waals surface area contributed by atoms with E-state index in [1.165, 1.54) is 16.4 Å². The van der Waals surface area contributed by atoms with Crippen LogP contribution in [-0.2, 0) is 27.5 Å². The molecule has 0 bridgehead atoms. The van der Waals surface area contributed by atoms with Crippen LogP contribution in [0.4, 0.5) is 13.2 Å². The molecule has 0 saturated heterocycles. The largest absolute Gasteiger partial charge is 0.416 e. The number of alkyl halides is 3. The minimum Gasteiger partial charge on any atom is -0.350 e. The second-order valence-electron chi connectivity index (χ2n) is 6.77. The number of rotatable bonds is 9. The van der Waals surface area contributed by atoms with E-state index in [1.807, 2.05) is 0 Å². The molecule has 11 heteroatoms. The van der Waals surface area contributed by atoms with E-state index in [0.29, 0.717) is 18.7 Å². The number of nitrogens with one attached hydrogen (secondary N) is 2. The summed E-state index contributed by atoms with van der Waals surface area (Å²) in [6.45, 7) is 3.96. The number of hydrogen-bond donors (Lipinski definition) is 2. The molecule has 2 rings (SSSR count). The standard InChI is InChI=1S/C21H24F3N3O4S/c1-3-27(4-2)32(30,31)18-11-5-15(6-12-18)13-25-19(28)14-26-20(29)16-7-9-17(10-8-16)21(22,23)24/h5-12H,3-4,13-14H2,1-2H3,(H,25,28)(H,26,29). The van der Waals surface area contributed by atoms with Crippen molar-refractivity contribution in [2.45, 2.75) is 31.5 Å². The first-order chi connectivity index (χ1) is 15.0. The fourth-order valence-electron chi connectivity index (χ4n) is 2.83. The molecule has 0 atom stereocenters. The fourth-order valence-corrected chi connectivity index (χ4v) is 4.29. The van der Waals surface area contributed by atoms with Crippen molar-refractivity contribution in [2.75, 3.05) is 19.6 Å². The lowest BCUT2D eigenvalue weighted by atomic mass is 10.1. The molecular formula is C21H24F3N3O4S. The Labute approximate surface area is 184 Å². The Kier molecular flexibility index (Phi) is 8.39. The highest BCUT2D eigenvalue weighted by Gasteiger charge is 2.30. The van der Waals surface area contributed by atoms with Crippen molar-refractivity contribution in [3.63, 3.8) is 0 Å². The second-order valence-corrected chi connectivity index (χ2v) is 8.71. The van der Waals surface area contributed by atoms with Crippen LogP contribution in [0.5, 0.6) is 0 Å². The Morgan fingerprint density at radius 1 is 0.906 bits per heavy atom. The Hall–Kier alpha value is -2.92. The van der Waals surface area contributed by atoms with Gasteiger partial charge in [0.25, 0.3) is 5.91 Å². The van der Waals surface area contributed by atoms with Crippen LogP contribution in [0.25, 0.3) is 0 Å². The number of sulfonamides is 1. The lowest BCUT2D eigenvalue weighted by Crippen LogP contribution is -2.36. The first-order valence-corrected chi connectivity index (χ1v) is 11.2. The van der Waals surface area contributed by atoms with E-state index in [2.05, 4.69) is 10.6 Å². The number of amides is 2. The van der Waals surface area contributed by atoms with Crippen LogP contribution >= 0.6 is 0 Å². The fraction of sp³-hybridized carbons (Fsp3) is 0.333. The van der Waals surface area contributed by atoms with Crippen molar-refractivity contribution in [2.24, 2.45) is 0 Å². The first kappa shape index (κ1) is 25.3. The third-order valence-corrected chi connectivity index (χ3v) is 6.70. The molecule has 0 aliphatic heterocycles. The minimum atomic E-state index is -4.50. The van der Waals surface area contributed by atoms with E-state index in [4.69, 9.17) is 0 Å². The summed E-state index contributed by atoms with van der Waals surface area (Å²) in [6, 6.07) is 9.73. The van der Waals surface area contributed by atoms with Crippen LogP contribution in [0.15, 0.2) is 53.4 Å². The monoisotopic (exact) mass is 471 g/mol. The molecule has 2 aromatic rings. The van der Waals surface area contributed by atoms with Crippen LogP contribution in [0.2, 0.25) is 0 Å². The molecular weight excluding hydrogens is 447 g/mol. The molecule has 0 aliphatic carbocycles. The van der Waals surface area contributed by atoms with Gasteiger partial charge < -0.3 is 10.6 Å². The molecule has 0 saturated carbocycles. The average Bonchev–Trinajstić information content (AvgIpc) is 2.76. The molecule has 0 radical (unpaired) electrons. The molecule has 2 amide bonds. The molecule has 0 aliphatic rings. The zero-order chi connectivity index (χ0) is 23.9. The summed E-state index contributed by atoms with van der Waals surface area (Å²) >= 11 is 0.